The molecule has 7 nitrogen and oxygen atoms in total. The highest BCUT2D eigenvalue weighted by atomic mass is 35.5. The van der Waals surface area contributed by atoms with Crippen LogP contribution < -0.4 is 19.9 Å². The Morgan fingerprint density at radius 1 is 1.00 bits per heavy atom. The number of rotatable bonds is 3. The van der Waals surface area contributed by atoms with Gasteiger partial charge in [-0.2, -0.15) is 0 Å². The highest BCUT2D eigenvalue weighted by Gasteiger charge is 2.46. The van der Waals surface area contributed by atoms with Gasteiger partial charge >= 0.3 is 6.03 Å². The lowest BCUT2D eigenvalue weighted by atomic mass is 9.72. The molecule has 8 heteroatoms. The number of halogens is 1. The zero-order valence-corrected chi connectivity index (χ0v) is 22.9. The summed E-state index contributed by atoms with van der Waals surface area (Å²) in [5, 5.41) is 5.57. The Hall–Kier alpha value is -4.10. The third-order valence-corrected chi connectivity index (χ3v) is 8.94. The highest BCUT2D eigenvalue weighted by molar-refractivity contribution is 6.32. The molecule has 2 aliphatic heterocycles. The number of nitrogens with one attached hydrogen (secondary N) is 1. The Balaban J connectivity index is 1.18. The fourth-order valence-corrected chi connectivity index (χ4v) is 6.94. The topological polar surface area (TPSA) is 74.8 Å². The van der Waals surface area contributed by atoms with Gasteiger partial charge in [0.15, 0.2) is 0 Å². The van der Waals surface area contributed by atoms with Gasteiger partial charge in [0, 0.05) is 35.1 Å². The molecular formula is C32H29ClN4O3. The van der Waals surface area contributed by atoms with Crippen molar-refractivity contribution in [2.24, 2.45) is 5.92 Å². The number of imide groups is 1. The fraction of sp³-hybridized carbons (Fsp3) is 0.281. The first-order valence-corrected chi connectivity index (χ1v) is 14.1. The Morgan fingerprint density at radius 3 is 2.77 bits per heavy atom. The number of anilines is 2. The number of likely N-dealkylation sites (N-methyl/N-ethyl adjacent to an activating group) is 1. The molecule has 4 aromatic rings. The fourth-order valence-electron chi connectivity index (χ4n) is 6.61. The summed E-state index contributed by atoms with van der Waals surface area (Å²) in [6, 6.07) is 19.3. The maximum absolute atomic E-state index is 13.8. The number of pyridine rings is 1. The third-order valence-electron chi connectivity index (χ3n) is 8.62. The molecule has 202 valence electrons. The van der Waals surface area contributed by atoms with Crippen molar-refractivity contribution in [3.63, 3.8) is 0 Å². The average molecular weight is 553 g/mol. The molecule has 0 bridgehead atoms. The van der Waals surface area contributed by atoms with Crippen molar-refractivity contribution < 1.29 is 14.3 Å². The molecule has 3 aromatic carbocycles. The van der Waals surface area contributed by atoms with Gasteiger partial charge in [-0.1, -0.05) is 54.1 Å². The number of carbonyl (C=O) groups is 2. The first-order chi connectivity index (χ1) is 19.5. The van der Waals surface area contributed by atoms with Gasteiger partial charge in [-0.25, -0.2) is 9.69 Å². The van der Waals surface area contributed by atoms with Gasteiger partial charge in [-0.3, -0.25) is 9.78 Å². The van der Waals surface area contributed by atoms with E-state index in [1.807, 2.05) is 36.4 Å². The molecule has 0 radical (unpaired) electrons. The van der Waals surface area contributed by atoms with Gasteiger partial charge in [0.1, 0.15) is 12.4 Å². The summed E-state index contributed by atoms with van der Waals surface area (Å²) < 4.78 is 5.97. The van der Waals surface area contributed by atoms with E-state index in [0.29, 0.717) is 30.2 Å². The van der Waals surface area contributed by atoms with E-state index >= 15 is 0 Å². The lowest BCUT2D eigenvalue weighted by Crippen LogP contribution is -2.61. The predicted octanol–water partition coefficient (Wildman–Crippen LogP) is 6.39. The van der Waals surface area contributed by atoms with Crippen LogP contribution in [-0.4, -0.2) is 43.2 Å². The third kappa shape index (κ3) is 4.07. The van der Waals surface area contributed by atoms with E-state index in [1.165, 1.54) is 4.90 Å². The van der Waals surface area contributed by atoms with E-state index in [9.17, 15) is 9.59 Å². The van der Waals surface area contributed by atoms with Crippen LogP contribution in [0.1, 0.15) is 30.7 Å². The van der Waals surface area contributed by atoms with Crippen LogP contribution in [0.2, 0.25) is 5.02 Å². The highest BCUT2D eigenvalue weighted by Crippen LogP contribution is 2.46. The average Bonchev–Trinajstić information content (AvgIpc) is 2.97. The predicted molar refractivity (Wildman–Crippen MR) is 157 cm³/mol. The Bertz CT molecular complexity index is 1650. The minimum atomic E-state index is -0.402. The first-order valence-electron chi connectivity index (χ1n) is 13.7. The normalized spacial score (nSPS) is 22.4. The Morgan fingerprint density at radius 2 is 1.88 bits per heavy atom. The molecule has 3 heterocycles. The molecule has 1 aliphatic carbocycles. The van der Waals surface area contributed by atoms with Crippen molar-refractivity contribution in [2.45, 2.75) is 31.2 Å². The minimum Gasteiger partial charge on any atom is -0.490 e. The summed E-state index contributed by atoms with van der Waals surface area (Å²) in [4.78, 5) is 34.9. The molecule has 7 rings (SSSR count). The second kappa shape index (κ2) is 9.82. The van der Waals surface area contributed by atoms with Crippen molar-refractivity contribution >= 4 is 45.7 Å². The van der Waals surface area contributed by atoms with E-state index in [2.05, 4.69) is 46.5 Å². The van der Waals surface area contributed by atoms with Crippen LogP contribution in [0.15, 0.2) is 73.1 Å². The van der Waals surface area contributed by atoms with E-state index in [-0.39, 0.29) is 23.8 Å². The summed E-state index contributed by atoms with van der Waals surface area (Å²) in [6.45, 7) is 1.51. The SMILES string of the molecule is CN1CCOc2cc(-c3cccc(Cl)c3C3CCC4C(=O)N(c5cncc6ccccc56)C(=O)NC4C3)ccc21. The zero-order valence-electron chi connectivity index (χ0n) is 22.1. The lowest BCUT2D eigenvalue weighted by molar-refractivity contribution is -0.124. The molecular weight excluding hydrogens is 524 g/mol. The van der Waals surface area contributed by atoms with Crippen LogP contribution in [0, 0.1) is 5.92 Å². The molecule has 40 heavy (non-hydrogen) atoms. The first kappa shape index (κ1) is 24.9. The van der Waals surface area contributed by atoms with E-state index in [0.717, 1.165) is 51.9 Å². The van der Waals surface area contributed by atoms with Gasteiger partial charge in [0.25, 0.3) is 0 Å². The summed E-state index contributed by atoms with van der Waals surface area (Å²) in [5.74, 6) is 0.504. The lowest BCUT2D eigenvalue weighted by Gasteiger charge is -2.43. The van der Waals surface area contributed by atoms with Gasteiger partial charge in [-0.15, -0.1) is 0 Å². The van der Waals surface area contributed by atoms with Crippen molar-refractivity contribution in [3.05, 3.63) is 83.6 Å². The molecule has 1 saturated carbocycles. The van der Waals surface area contributed by atoms with Crippen molar-refractivity contribution in [1.82, 2.24) is 10.3 Å². The van der Waals surface area contributed by atoms with Crippen LogP contribution in [0.4, 0.5) is 16.2 Å². The summed E-state index contributed by atoms with van der Waals surface area (Å²) in [5.41, 5.74) is 4.77. The second-order valence-corrected chi connectivity index (χ2v) is 11.3. The number of benzene rings is 3. The second-order valence-electron chi connectivity index (χ2n) is 10.9. The number of nitrogens with zero attached hydrogens (tertiary/aromatic N) is 3. The number of ether oxygens (including phenoxy) is 1. The molecule has 3 amide bonds. The van der Waals surface area contributed by atoms with Gasteiger partial charge < -0.3 is 15.0 Å². The molecule has 3 atom stereocenters. The van der Waals surface area contributed by atoms with E-state index in [4.69, 9.17) is 16.3 Å². The van der Waals surface area contributed by atoms with Crippen LogP contribution in [0.25, 0.3) is 21.9 Å². The van der Waals surface area contributed by atoms with Crippen molar-refractivity contribution in [2.75, 3.05) is 30.0 Å². The number of urea groups is 1. The van der Waals surface area contributed by atoms with E-state index < -0.39 is 6.03 Å². The molecule has 2 fully saturated rings. The van der Waals surface area contributed by atoms with Gasteiger partial charge in [0.05, 0.1) is 30.0 Å². The summed E-state index contributed by atoms with van der Waals surface area (Å²) in [6.07, 6.45) is 5.44. The molecule has 0 spiro atoms. The number of hydrogen-bond acceptors (Lipinski definition) is 5. The summed E-state index contributed by atoms with van der Waals surface area (Å²) in [7, 11) is 2.07. The maximum atomic E-state index is 13.8. The van der Waals surface area contributed by atoms with Gasteiger partial charge in [-0.05, 0) is 60.1 Å². The standard InChI is InChI=1S/C32H29ClN4O3/c1-36-13-14-40-29-16-19(10-12-27(29)36)23-7-4-8-25(33)30(23)20-9-11-24-26(15-20)35-32(39)37(31(24)38)28-18-34-17-21-5-2-3-6-22(21)28/h2-8,10,12,16-18,20,24,26H,9,11,13-15H2,1H3,(H,35,39). The molecule has 1 aromatic heterocycles. The van der Waals surface area contributed by atoms with Crippen LogP contribution >= 0.6 is 11.6 Å². The number of carbonyl (C=O) groups excluding carboxylic acids is 2. The number of fused-ring (bicyclic) bond motifs is 3. The smallest absolute Gasteiger partial charge is 0.329 e. The largest absolute Gasteiger partial charge is 0.490 e. The summed E-state index contributed by atoms with van der Waals surface area (Å²) >= 11 is 6.86. The quantitative estimate of drug-likeness (QED) is 0.319. The van der Waals surface area contributed by atoms with Crippen LogP contribution in [0.5, 0.6) is 5.75 Å². The van der Waals surface area contributed by atoms with Crippen molar-refractivity contribution in [3.8, 4) is 16.9 Å². The number of aromatic nitrogens is 1. The van der Waals surface area contributed by atoms with Crippen LogP contribution in [-0.2, 0) is 4.79 Å². The minimum absolute atomic E-state index is 0.100. The zero-order chi connectivity index (χ0) is 27.4. The van der Waals surface area contributed by atoms with Gasteiger partial charge in [0.2, 0.25) is 5.91 Å². The number of amides is 3. The molecule has 3 unspecified atom stereocenters. The maximum Gasteiger partial charge on any atom is 0.329 e. The monoisotopic (exact) mass is 552 g/mol. The van der Waals surface area contributed by atoms with Crippen LogP contribution in [0.3, 0.4) is 0 Å². The Labute approximate surface area is 237 Å². The van der Waals surface area contributed by atoms with E-state index in [1.54, 1.807) is 12.4 Å². The Kier molecular flexibility index (Phi) is 6.12. The van der Waals surface area contributed by atoms with Crippen molar-refractivity contribution in [1.29, 1.82) is 0 Å². The number of hydrogen-bond donors (Lipinski definition) is 1. The molecule has 3 aliphatic rings. The molecule has 1 saturated heterocycles. The molecule has 1 N–H and O–H groups in total.